The molecule has 0 aliphatic carbocycles. The van der Waals surface area contributed by atoms with E-state index in [1.54, 1.807) is 0 Å². The van der Waals surface area contributed by atoms with Crippen molar-refractivity contribution in [3.63, 3.8) is 0 Å². The van der Waals surface area contributed by atoms with Crippen molar-refractivity contribution in [2.75, 3.05) is 32.7 Å². The fraction of sp³-hybridized carbons (Fsp3) is 1.00. The van der Waals surface area contributed by atoms with E-state index in [0.29, 0.717) is 6.04 Å². The van der Waals surface area contributed by atoms with Gasteiger partial charge in [-0.15, -0.1) is 0 Å². The fourth-order valence-corrected chi connectivity index (χ4v) is 2.54. The summed E-state index contributed by atoms with van der Waals surface area (Å²) in [4.78, 5) is 2.69. The smallest absolute Gasteiger partial charge is 0.0148 e. The van der Waals surface area contributed by atoms with Gasteiger partial charge in [0.1, 0.15) is 0 Å². The summed E-state index contributed by atoms with van der Waals surface area (Å²) in [5.74, 6) is 0. The molecule has 17 heavy (non-hydrogen) atoms. The van der Waals surface area contributed by atoms with Crippen LogP contribution in [0.5, 0.6) is 0 Å². The Balaban J connectivity index is 2.21. The molecule has 1 radical (unpaired) electrons. The van der Waals surface area contributed by atoms with Gasteiger partial charge in [-0.1, -0.05) is 20.8 Å². The molecule has 0 atom stereocenters. The van der Waals surface area contributed by atoms with Gasteiger partial charge >= 0.3 is 0 Å². The van der Waals surface area contributed by atoms with Crippen molar-refractivity contribution >= 4 is 0 Å². The molecule has 0 saturated carbocycles. The fourth-order valence-electron chi connectivity index (χ4n) is 2.54. The second-order valence-electron chi connectivity index (χ2n) is 5.40. The zero-order chi connectivity index (χ0) is 12.5. The summed E-state index contributed by atoms with van der Waals surface area (Å²) in [5, 5.41) is 7.95. The monoisotopic (exact) mass is 240 g/mol. The Bertz CT molecular complexity index is 176. The first-order valence-corrected chi connectivity index (χ1v) is 7.34. The van der Waals surface area contributed by atoms with Crippen LogP contribution < -0.4 is 10.6 Å². The number of nitrogens with one attached hydrogen (secondary N) is 1. The molecule has 1 fully saturated rings. The Morgan fingerprint density at radius 2 is 1.94 bits per heavy atom. The molecule has 1 rings (SSSR count). The van der Waals surface area contributed by atoms with Crippen molar-refractivity contribution in [2.45, 2.75) is 58.5 Å². The van der Waals surface area contributed by atoms with Crippen LogP contribution in [0.25, 0.3) is 0 Å². The molecule has 1 aliphatic heterocycles. The van der Waals surface area contributed by atoms with Gasteiger partial charge in [-0.3, -0.25) is 0 Å². The van der Waals surface area contributed by atoms with E-state index in [-0.39, 0.29) is 0 Å². The molecular formula is C14H30N3. The zero-order valence-corrected chi connectivity index (χ0v) is 11.9. The van der Waals surface area contributed by atoms with E-state index in [0.717, 1.165) is 25.7 Å². The van der Waals surface area contributed by atoms with Gasteiger partial charge < -0.3 is 10.2 Å². The normalized spacial score (nSPS) is 18.2. The van der Waals surface area contributed by atoms with Crippen LogP contribution in [-0.4, -0.2) is 49.7 Å². The van der Waals surface area contributed by atoms with Gasteiger partial charge in [0.25, 0.3) is 0 Å². The maximum Gasteiger partial charge on any atom is 0.0148 e. The van der Waals surface area contributed by atoms with Crippen molar-refractivity contribution in [1.82, 2.24) is 15.5 Å². The average molecular weight is 240 g/mol. The molecule has 0 aromatic heterocycles. The predicted molar refractivity (Wildman–Crippen MR) is 74.5 cm³/mol. The van der Waals surface area contributed by atoms with Crippen LogP contribution in [-0.2, 0) is 0 Å². The second kappa shape index (κ2) is 8.90. The molecule has 3 nitrogen and oxygen atoms in total. The van der Waals surface area contributed by atoms with Crippen molar-refractivity contribution in [1.29, 1.82) is 0 Å². The third-order valence-electron chi connectivity index (χ3n) is 3.44. The lowest BCUT2D eigenvalue weighted by molar-refractivity contribution is 0.159. The van der Waals surface area contributed by atoms with E-state index in [9.17, 15) is 0 Å². The number of hydrogen-bond donors (Lipinski definition) is 1. The molecule has 0 bridgehead atoms. The van der Waals surface area contributed by atoms with Gasteiger partial charge in [-0.2, -0.15) is 0 Å². The summed E-state index contributed by atoms with van der Waals surface area (Å²) < 4.78 is 0. The highest BCUT2D eigenvalue weighted by Crippen LogP contribution is 2.13. The van der Waals surface area contributed by atoms with Gasteiger partial charge in [0.05, 0.1) is 0 Å². The first-order chi connectivity index (χ1) is 8.24. The van der Waals surface area contributed by atoms with E-state index < -0.39 is 0 Å². The minimum atomic E-state index is 0.614. The number of rotatable bonds is 8. The predicted octanol–water partition coefficient (Wildman–Crippen LogP) is 1.85. The molecule has 0 amide bonds. The molecule has 101 valence electrons. The molecule has 1 heterocycles. The van der Waals surface area contributed by atoms with E-state index in [4.69, 9.17) is 0 Å². The Labute approximate surface area is 107 Å². The Kier molecular flexibility index (Phi) is 7.82. The summed E-state index contributed by atoms with van der Waals surface area (Å²) in [6, 6.07) is 1.41. The lowest BCUT2D eigenvalue weighted by Gasteiger charge is -2.34. The van der Waals surface area contributed by atoms with Crippen LogP contribution in [0.15, 0.2) is 0 Å². The van der Waals surface area contributed by atoms with Gasteiger partial charge in [0.15, 0.2) is 0 Å². The Morgan fingerprint density at radius 1 is 1.24 bits per heavy atom. The summed E-state index contributed by atoms with van der Waals surface area (Å²) >= 11 is 0. The first-order valence-electron chi connectivity index (χ1n) is 7.34. The molecule has 3 heteroatoms. The molecule has 0 aromatic rings. The van der Waals surface area contributed by atoms with Crippen LogP contribution in [0.1, 0.15) is 46.5 Å². The van der Waals surface area contributed by atoms with Crippen molar-refractivity contribution in [2.24, 2.45) is 0 Å². The molecule has 1 N–H and O–H groups in total. The quantitative estimate of drug-likeness (QED) is 0.656. The van der Waals surface area contributed by atoms with Gasteiger partial charge in [0, 0.05) is 25.2 Å². The topological polar surface area (TPSA) is 29.4 Å². The summed E-state index contributed by atoms with van der Waals surface area (Å²) in [7, 11) is 0. The minimum Gasteiger partial charge on any atom is -0.314 e. The standard InChI is InChI=1S/C14H30N3/c1-4-11-17(12-5-8-16-13(2)3)14-6-9-15-10-7-14/h13-14,16H,4-12H2,1-3H3. The average Bonchev–Trinajstić information content (AvgIpc) is 2.34. The Hall–Kier alpha value is -0.120. The zero-order valence-electron chi connectivity index (χ0n) is 11.9. The highest BCUT2D eigenvalue weighted by Gasteiger charge is 2.19. The van der Waals surface area contributed by atoms with Crippen LogP contribution in [0.2, 0.25) is 0 Å². The van der Waals surface area contributed by atoms with Crippen LogP contribution in [0.3, 0.4) is 0 Å². The Morgan fingerprint density at radius 3 is 2.53 bits per heavy atom. The van der Waals surface area contributed by atoms with Crippen molar-refractivity contribution in [3.05, 3.63) is 0 Å². The molecule has 1 aliphatic rings. The maximum absolute atomic E-state index is 4.45. The summed E-state index contributed by atoms with van der Waals surface area (Å²) in [6.45, 7) is 12.5. The number of piperidine rings is 1. The largest absolute Gasteiger partial charge is 0.314 e. The highest BCUT2D eigenvalue weighted by atomic mass is 15.2. The number of hydrogen-bond acceptors (Lipinski definition) is 2. The molecule has 0 unspecified atom stereocenters. The third kappa shape index (κ3) is 6.39. The van der Waals surface area contributed by atoms with E-state index >= 15 is 0 Å². The molecule has 0 spiro atoms. The second-order valence-corrected chi connectivity index (χ2v) is 5.40. The lowest BCUT2D eigenvalue weighted by atomic mass is 10.0. The van der Waals surface area contributed by atoms with Crippen LogP contribution in [0, 0.1) is 0 Å². The lowest BCUT2D eigenvalue weighted by Crippen LogP contribution is -2.42. The van der Waals surface area contributed by atoms with Crippen LogP contribution >= 0.6 is 0 Å². The van der Waals surface area contributed by atoms with Crippen molar-refractivity contribution in [3.8, 4) is 0 Å². The molecule has 1 saturated heterocycles. The molecule has 0 aromatic carbocycles. The summed E-state index contributed by atoms with van der Waals surface area (Å²) in [5.41, 5.74) is 0. The van der Waals surface area contributed by atoms with Gasteiger partial charge in [-0.05, 0) is 45.3 Å². The van der Waals surface area contributed by atoms with Crippen molar-refractivity contribution < 1.29 is 0 Å². The van der Waals surface area contributed by atoms with E-state index in [1.165, 1.54) is 38.8 Å². The minimum absolute atomic E-state index is 0.614. The summed E-state index contributed by atoms with van der Waals surface area (Å²) in [6.07, 6.45) is 5.09. The number of nitrogens with zero attached hydrogens (tertiary/aromatic N) is 2. The maximum atomic E-state index is 4.45. The third-order valence-corrected chi connectivity index (χ3v) is 3.44. The first kappa shape index (κ1) is 14.9. The highest BCUT2D eigenvalue weighted by molar-refractivity contribution is 4.77. The van der Waals surface area contributed by atoms with Gasteiger partial charge in [-0.25, -0.2) is 5.32 Å². The van der Waals surface area contributed by atoms with E-state index in [2.05, 4.69) is 36.3 Å². The van der Waals surface area contributed by atoms with Gasteiger partial charge in [0.2, 0.25) is 0 Å². The SMILES string of the molecule is CCCN(CCCNC(C)C)C1CC[N]CC1. The van der Waals surface area contributed by atoms with Crippen LogP contribution in [0.4, 0.5) is 0 Å². The molecular weight excluding hydrogens is 210 g/mol. The van der Waals surface area contributed by atoms with E-state index in [1.807, 2.05) is 0 Å².